The van der Waals surface area contributed by atoms with Crippen LogP contribution in [0.25, 0.3) is 0 Å². The number of rotatable bonds is 5. The van der Waals surface area contributed by atoms with Gasteiger partial charge in [0.1, 0.15) is 5.70 Å². The Hall–Kier alpha value is -3.69. The van der Waals surface area contributed by atoms with Gasteiger partial charge in [0.15, 0.2) is 5.76 Å². The SMILES string of the molecule is O=C(c1ccco1)N1CCN(C2=C([N+](=O)[O-])C(=O)N(Cc3ccncc3)C3CCCCC23)CC1. The fraction of sp³-hybridized carbons (Fsp3) is 0.458. The zero-order valence-corrected chi connectivity index (χ0v) is 18.8. The molecule has 2 aliphatic heterocycles. The minimum Gasteiger partial charge on any atom is -0.459 e. The summed E-state index contributed by atoms with van der Waals surface area (Å²) in [5.41, 5.74) is 1.14. The quantitative estimate of drug-likeness (QED) is 0.492. The van der Waals surface area contributed by atoms with Gasteiger partial charge in [0.25, 0.3) is 5.91 Å². The van der Waals surface area contributed by atoms with Crippen molar-refractivity contribution in [2.24, 2.45) is 5.92 Å². The Morgan fingerprint density at radius 3 is 2.53 bits per heavy atom. The van der Waals surface area contributed by atoms with Gasteiger partial charge in [-0.15, -0.1) is 0 Å². The smallest absolute Gasteiger partial charge is 0.352 e. The van der Waals surface area contributed by atoms with E-state index >= 15 is 0 Å². The van der Waals surface area contributed by atoms with Crippen LogP contribution in [0.3, 0.4) is 0 Å². The third-order valence-corrected chi connectivity index (χ3v) is 7.11. The number of hydrogen-bond acceptors (Lipinski definition) is 7. The first-order chi connectivity index (χ1) is 16.5. The summed E-state index contributed by atoms with van der Waals surface area (Å²) in [7, 11) is 0. The molecule has 1 saturated heterocycles. The third-order valence-electron chi connectivity index (χ3n) is 7.11. The molecule has 0 radical (unpaired) electrons. The lowest BCUT2D eigenvalue weighted by Gasteiger charge is -2.47. The van der Waals surface area contributed by atoms with Gasteiger partial charge in [0.2, 0.25) is 0 Å². The molecule has 2 aromatic heterocycles. The first-order valence-electron chi connectivity index (χ1n) is 11.7. The number of fused-ring (bicyclic) bond motifs is 1. The van der Waals surface area contributed by atoms with Crippen LogP contribution in [0, 0.1) is 16.0 Å². The fourth-order valence-electron chi connectivity index (χ4n) is 5.51. The summed E-state index contributed by atoms with van der Waals surface area (Å²) in [5.74, 6) is -0.507. The molecule has 2 fully saturated rings. The molecule has 2 unspecified atom stereocenters. The number of pyridine rings is 1. The van der Waals surface area contributed by atoms with Crippen LogP contribution in [0.1, 0.15) is 41.8 Å². The topological polar surface area (TPSA) is 113 Å². The van der Waals surface area contributed by atoms with Crippen molar-refractivity contribution in [3.05, 3.63) is 75.8 Å². The van der Waals surface area contributed by atoms with Crippen LogP contribution in [0.15, 0.2) is 58.7 Å². The summed E-state index contributed by atoms with van der Waals surface area (Å²) in [5, 5.41) is 12.2. The number of hydrogen-bond donors (Lipinski definition) is 0. The predicted molar refractivity (Wildman–Crippen MR) is 121 cm³/mol. The van der Waals surface area contributed by atoms with E-state index in [1.165, 1.54) is 6.26 Å². The van der Waals surface area contributed by atoms with E-state index in [1.54, 1.807) is 34.3 Å². The summed E-state index contributed by atoms with van der Waals surface area (Å²) in [6, 6.07) is 6.91. The molecule has 0 N–H and O–H groups in total. The second-order valence-electron chi connectivity index (χ2n) is 8.99. The van der Waals surface area contributed by atoms with E-state index in [2.05, 4.69) is 4.98 Å². The maximum absolute atomic E-state index is 13.5. The van der Waals surface area contributed by atoms with E-state index in [1.807, 2.05) is 17.0 Å². The van der Waals surface area contributed by atoms with Crippen LogP contribution in [0.2, 0.25) is 0 Å². The van der Waals surface area contributed by atoms with E-state index in [4.69, 9.17) is 4.42 Å². The van der Waals surface area contributed by atoms with Crippen molar-refractivity contribution >= 4 is 11.8 Å². The van der Waals surface area contributed by atoms with Gasteiger partial charge in [-0.2, -0.15) is 0 Å². The van der Waals surface area contributed by atoms with Gasteiger partial charge in [-0.25, -0.2) is 0 Å². The van der Waals surface area contributed by atoms with Crippen LogP contribution in [-0.2, 0) is 11.3 Å². The van der Waals surface area contributed by atoms with Crippen molar-refractivity contribution in [3.8, 4) is 0 Å². The molecule has 0 aromatic carbocycles. The van der Waals surface area contributed by atoms with Gasteiger partial charge in [-0.1, -0.05) is 12.8 Å². The number of nitrogens with zero attached hydrogens (tertiary/aromatic N) is 5. The summed E-state index contributed by atoms with van der Waals surface area (Å²) >= 11 is 0. The van der Waals surface area contributed by atoms with E-state index in [-0.39, 0.29) is 29.3 Å². The van der Waals surface area contributed by atoms with Crippen LogP contribution in [-0.4, -0.2) is 68.6 Å². The number of piperazine rings is 1. The molecule has 34 heavy (non-hydrogen) atoms. The molecule has 178 valence electrons. The molecule has 0 spiro atoms. The van der Waals surface area contributed by atoms with E-state index in [0.717, 1.165) is 31.2 Å². The van der Waals surface area contributed by atoms with Crippen LogP contribution < -0.4 is 0 Å². The second-order valence-corrected chi connectivity index (χ2v) is 8.99. The highest BCUT2D eigenvalue weighted by atomic mass is 16.6. The molecule has 1 aliphatic carbocycles. The summed E-state index contributed by atoms with van der Waals surface area (Å²) in [4.78, 5) is 47.2. The van der Waals surface area contributed by atoms with Gasteiger partial charge in [-0.3, -0.25) is 24.7 Å². The first kappa shape index (κ1) is 22.1. The Balaban J connectivity index is 1.42. The lowest BCUT2D eigenvalue weighted by Crippen LogP contribution is -2.57. The Kier molecular flexibility index (Phi) is 6.04. The zero-order chi connectivity index (χ0) is 23.7. The molecule has 5 rings (SSSR count). The van der Waals surface area contributed by atoms with Crippen LogP contribution in [0.5, 0.6) is 0 Å². The van der Waals surface area contributed by atoms with Crippen molar-refractivity contribution < 1.29 is 18.9 Å². The van der Waals surface area contributed by atoms with E-state index in [0.29, 0.717) is 38.4 Å². The molecule has 4 heterocycles. The molecular weight excluding hydrogens is 438 g/mol. The van der Waals surface area contributed by atoms with Crippen molar-refractivity contribution in [3.63, 3.8) is 0 Å². The molecule has 2 amide bonds. The molecule has 0 bridgehead atoms. The van der Waals surface area contributed by atoms with Crippen molar-refractivity contribution in [2.45, 2.75) is 38.3 Å². The number of amides is 2. The fourth-order valence-corrected chi connectivity index (χ4v) is 5.51. The molecule has 10 nitrogen and oxygen atoms in total. The van der Waals surface area contributed by atoms with Gasteiger partial charge in [-0.05, 0) is 42.7 Å². The number of carbonyl (C=O) groups excluding carboxylic acids is 2. The minimum atomic E-state index is -0.519. The number of aromatic nitrogens is 1. The Bertz CT molecular complexity index is 1090. The lowest BCUT2D eigenvalue weighted by atomic mass is 9.77. The van der Waals surface area contributed by atoms with E-state index in [9.17, 15) is 19.7 Å². The molecule has 3 aliphatic rings. The first-order valence-corrected chi connectivity index (χ1v) is 11.7. The van der Waals surface area contributed by atoms with Crippen LogP contribution >= 0.6 is 0 Å². The van der Waals surface area contributed by atoms with Gasteiger partial charge in [0, 0.05) is 57.1 Å². The average molecular weight is 466 g/mol. The van der Waals surface area contributed by atoms with Gasteiger partial charge >= 0.3 is 11.6 Å². The number of carbonyl (C=O) groups is 2. The van der Waals surface area contributed by atoms with Gasteiger partial charge in [0.05, 0.1) is 11.2 Å². The second kappa shape index (κ2) is 9.28. The monoisotopic (exact) mass is 465 g/mol. The average Bonchev–Trinajstić information content (AvgIpc) is 3.40. The summed E-state index contributed by atoms with van der Waals surface area (Å²) in [6.45, 7) is 2.05. The lowest BCUT2D eigenvalue weighted by molar-refractivity contribution is -0.424. The molecule has 2 aromatic rings. The Labute approximate surface area is 197 Å². The summed E-state index contributed by atoms with van der Waals surface area (Å²) < 4.78 is 5.23. The molecule has 10 heteroatoms. The molecular formula is C24H27N5O5. The van der Waals surface area contributed by atoms with Crippen molar-refractivity contribution in [1.82, 2.24) is 19.7 Å². The predicted octanol–water partition coefficient (Wildman–Crippen LogP) is 2.52. The maximum Gasteiger partial charge on any atom is 0.352 e. The third kappa shape index (κ3) is 4.04. The Morgan fingerprint density at radius 2 is 1.85 bits per heavy atom. The molecule has 1 saturated carbocycles. The Morgan fingerprint density at radius 1 is 1.12 bits per heavy atom. The molecule has 2 atom stereocenters. The highest BCUT2D eigenvalue weighted by Gasteiger charge is 2.50. The largest absolute Gasteiger partial charge is 0.459 e. The van der Waals surface area contributed by atoms with Crippen molar-refractivity contribution in [2.75, 3.05) is 26.2 Å². The standard InChI is InChI=1S/C24H27N5O5/c30-23(20-6-3-15-34-20)27-13-11-26(12-14-27)21-18-4-1-2-5-19(18)28(24(31)22(21)29(32)33)16-17-7-9-25-10-8-17/h3,6-10,15,18-19H,1-2,4-5,11-14,16H2. The van der Waals surface area contributed by atoms with Crippen LogP contribution in [0.4, 0.5) is 0 Å². The van der Waals surface area contributed by atoms with Gasteiger partial charge < -0.3 is 19.1 Å². The highest BCUT2D eigenvalue weighted by Crippen LogP contribution is 2.41. The zero-order valence-electron chi connectivity index (χ0n) is 18.8. The van der Waals surface area contributed by atoms with E-state index < -0.39 is 10.8 Å². The number of furan rings is 1. The maximum atomic E-state index is 13.5. The number of nitro groups is 1. The minimum absolute atomic E-state index is 0.0732. The summed E-state index contributed by atoms with van der Waals surface area (Å²) in [6.07, 6.45) is 8.41. The normalized spacial score (nSPS) is 23.2. The highest BCUT2D eigenvalue weighted by molar-refractivity contribution is 5.93. The van der Waals surface area contributed by atoms with Crippen molar-refractivity contribution in [1.29, 1.82) is 0 Å².